The largest absolute Gasteiger partial charge is 0.490 e. The van der Waals surface area contributed by atoms with Gasteiger partial charge >= 0.3 is 0 Å². The quantitative estimate of drug-likeness (QED) is 0.687. The molecule has 0 bridgehead atoms. The Balaban J connectivity index is 2.72. The zero-order chi connectivity index (χ0) is 11.8. The van der Waals surface area contributed by atoms with Crippen molar-refractivity contribution >= 4 is 0 Å². The summed E-state index contributed by atoms with van der Waals surface area (Å²) in [6.07, 6.45) is 0.615. The zero-order valence-electron chi connectivity index (χ0n) is 9.61. The summed E-state index contributed by atoms with van der Waals surface area (Å²) < 4.78 is 11.0. The highest BCUT2D eigenvalue weighted by atomic mass is 16.5. The summed E-state index contributed by atoms with van der Waals surface area (Å²) >= 11 is 0. The van der Waals surface area contributed by atoms with Crippen molar-refractivity contribution in [1.82, 2.24) is 0 Å². The van der Waals surface area contributed by atoms with E-state index in [0.717, 1.165) is 5.56 Å². The molecule has 0 aliphatic rings. The van der Waals surface area contributed by atoms with Gasteiger partial charge in [0.2, 0.25) is 0 Å². The van der Waals surface area contributed by atoms with E-state index in [2.05, 4.69) is 0 Å². The number of aliphatic hydroxyl groups is 1. The van der Waals surface area contributed by atoms with Crippen molar-refractivity contribution in [2.75, 3.05) is 19.8 Å². The summed E-state index contributed by atoms with van der Waals surface area (Å²) in [4.78, 5) is 0. The summed E-state index contributed by atoms with van der Waals surface area (Å²) in [7, 11) is 0. The Labute approximate surface area is 96.0 Å². The molecule has 0 saturated carbocycles. The van der Waals surface area contributed by atoms with Crippen LogP contribution in [-0.4, -0.2) is 24.9 Å². The normalized spacial score (nSPS) is 10.2. The Morgan fingerprint density at radius 2 is 2.06 bits per heavy atom. The van der Waals surface area contributed by atoms with Crippen molar-refractivity contribution < 1.29 is 14.6 Å². The summed E-state index contributed by atoms with van der Waals surface area (Å²) in [6.45, 7) is 3.61. The molecule has 0 spiro atoms. The van der Waals surface area contributed by atoms with E-state index in [1.807, 2.05) is 25.1 Å². The minimum absolute atomic E-state index is 0.130. The standard InChI is InChI=1S/C12H19NO3/c1-2-15-12-8-10(9-13)4-5-11(12)16-7-3-6-14/h4-5,8,14H,2-3,6-7,9,13H2,1H3. The predicted octanol–water partition coefficient (Wildman–Crippen LogP) is 1.31. The van der Waals surface area contributed by atoms with E-state index in [0.29, 0.717) is 37.7 Å². The van der Waals surface area contributed by atoms with Gasteiger partial charge in [0.05, 0.1) is 13.2 Å². The molecule has 1 aromatic rings. The average molecular weight is 225 g/mol. The van der Waals surface area contributed by atoms with Crippen LogP contribution in [0.25, 0.3) is 0 Å². The molecule has 3 N–H and O–H groups in total. The van der Waals surface area contributed by atoms with E-state index in [1.165, 1.54) is 0 Å². The van der Waals surface area contributed by atoms with Crippen molar-refractivity contribution in [3.63, 3.8) is 0 Å². The summed E-state index contributed by atoms with van der Waals surface area (Å²) in [5.41, 5.74) is 6.57. The van der Waals surface area contributed by atoms with Crippen LogP contribution in [0.3, 0.4) is 0 Å². The van der Waals surface area contributed by atoms with Gasteiger partial charge in [-0.25, -0.2) is 0 Å². The number of nitrogens with two attached hydrogens (primary N) is 1. The maximum Gasteiger partial charge on any atom is 0.161 e. The highest BCUT2D eigenvalue weighted by molar-refractivity contribution is 5.42. The summed E-state index contributed by atoms with van der Waals surface area (Å²) in [6, 6.07) is 5.65. The maximum absolute atomic E-state index is 8.67. The van der Waals surface area contributed by atoms with E-state index in [4.69, 9.17) is 20.3 Å². The Kier molecular flexibility index (Phi) is 5.67. The lowest BCUT2D eigenvalue weighted by Crippen LogP contribution is -2.04. The number of hydrogen-bond acceptors (Lipinski definition) is 4. The molecule has 0 radical (unpaired) electrons. The fraction of sp³-hybridized carbons (Fsp3) is 0.500. The smallest absolute Gasteiger partial charge is 0.161 e. The van der Waals surface area contributed by atoms with Gasteiger partial charge in [-0.05, 0) is 24.6 Å². The zero-order valence-corrected chi connectivity index (χ0v) is 9.61. The van der Waals surface area contributed by atoms with Crippen molar-refractivity contribution in [3.05, 3.63) is 23.8 Å². The second-order valence-electron chi connectivity index (χ2n) is 3.34. The first-order chi connectivity index (χ1) is 7.81. The lowest BCUT2D eigenvalue weighted by Gasteiger charge is -2.12. The highest BCUT2D eigenvalue weighted by Crippen LogP contribution is 2.28. The molecule has 0 saturated heterocycles. The second-order valence-corrected chi connectivity index (χ2v) is 3.34. The fourth-order valence-corrected chi connectivity index (χ4v) is 1.31. The molecule has 1 rings (SSSR count). The number of aliphatic hydroxyl groups excluding tert-OH is 1. The van der Waals surface area contributed by atoms with Gasteiger partial charge in [0.15, 0.2) is 11.5 Å². The monoisotopic (exact) mass is 225 g/mol. The van der Waals surface area contributed by atoms with Crippen LogP contribution in [0, 0.1) is 0 Å². The summed E-state index contributed by atoms with van der Waals surface area (Å²) in [5.74, 6) is 1.41. The van der Waals surface area contributed by atoms with Crippen LogP contribution in [0.1, 0.15) is 18.9 Å². The minimum Gasteiger partial charge on any atom is -0.490 e. The molecular formula is C12H19NO3. The number of rotatable bonds is 7. The third-order valence-electron chi connectivity index (χ3n) is 2.10. The van der Waals surface area contributed by atoms with Gasteiger partial charge in [-0.1, -0.05) is 6.07 Å². The lowest BCUT2D eigenvalue weighted by molar-refractivity contribution is 0.225. The van der Waals surface area contributed by atoms with Crippen molar-refractivity contribution in [1.29, 1.82) is 0 Å². The molecule has 0 unspecified atom stereocenters. The van der Waals surface area contributed by atoms with Gasteiger partial charge in [0.25, 0.3) is 0 Å². The van der Waals surface area contributed by atoms with Gasteiger partial charge in [0, 0.05) is 19.6 Å². The number of ether oxygens (including phenoxy) is 2. The van der Waals surface area contributed by atoms with Gasteiger partial charge in [0.1, 0.15) is 0 Å². The Morgan fingerprint density at radius 3 is 2.69 bits per heavy atom. The van der Waals surface area contributed by atoms with Crippen LogP contribution >= 0.6 is 0 Å². The van der Waals surface area contributed by atoms with Crippen molar-refractivity contribution in [2.45, 2.75) is 19.9 Å². The average Bonchev–Trinajstić information content (AvgIpc) is 2.31. The molecule has 0 atom stereocenters. The van der Waals surface area contributed by atoms with E-state index in [9.17, 15) is 0 Å². The van der Waals surface area contributed by atoms with E-state index < -0.39 is 0 Å². The number of hydrogen-bond donors (Lipinski definition) is 2. The third-order valence-corrected chi connectivity index (χ3v) is 2.10. The van der Waals surface area contributed by atoms with Crippen molar-refractivity contribution in [3.8, 4) is 11.5 Å². The van der Waals surface area contributed by atoms with Gasteiger partial charge < -0.3 is 20.3 Å². The van der Waals surface area contributed by atoms with Crippen LogP contribution in [0.2, 0.25) is 0 Å². The van der Waals surface area contributed by atoms with Crippen molar-refractivity contribution in [2.24, 2.45) is 5.73 Å². The molecule has 0 aliphatic carbocycles. The molecular weight excluding hydrogens is 206 g/mol. The molecule has 4 heteroatoms. The molecule has 0 heterocycles. The highest BCUT2D eigenvalue weighted by Gasteiger charge is 2.05. The molecule has 0 aliphatic heterocycles. The lowest BCUT2D eigenvalue weighted by atomic mass is 10.2. The SMILES string of the molecule is CCOc1cc(CN)ccc1OCCCO. The molecule has 0 fully saturated rings. The molecule has 16 heavy (non-hydrogen) atoms. The third kappa shape index (κ3) is 3.72. The van der Waals surface area contributed by atoms with Gasteiger partial charge in [-0.3, -0.25) is 0 Å². The molecule has 4 nitrogen and oxygen atoms in total. The Bertz CT molecular complexity index is 315. The Hall–Kier alpha value is -1.26. The summed E-state index contributed by atoms with van der Waals surface area (Å²) in [5, 5.41) is 8.67. The van der Waals surface area contributed by atoms with E-state index in [1.54, 1.807) is 0 Å². The first kappa shape index (κ1) is 12.8. The molecule has 90 valence electrons. The van der Waals surface area contributed by atoms with Crippen LogP contribution in [-0.2, 0) is 6.54 Å². The van der Waals surface area contributed by atoms with Crippen LogP contribution in [0.4, 0.5) is 0 Å². The predicted molar refractivity (Wildman–Crippen MR) is 62.7 cm³/mol. The van der Waals surface area contributed by atoms with Crippen LogP contribution in [0.15, 0.2) is 18.2 Å². The minimum atomic E-state index is 0.130. The topological polar surface area (TPSA) is 64.7 Å². The number of benzene rings is 1. The maximum atomic E-state index is 8.67. The Morgan fingerprint density at radius 1 is 1.25 bits per heavy atom. The fourth-order valence-electron chi connectivity index (χ4n) is 1.31. The van der Waals surface area contributed by atoms with Gasteiger partial charge in [-0.15, -0.1) is 0 Å². The van der Waals surface area contributed by atoms with Crippen LogP contribution < -0.4 is 15.2 Å². The molecule has 0 amide bonds. The molecule has 1 aromatic carbocycles. The first-order valence-corrected chi connectivity index (χ1v) is 5.51. The van der Waals surface area contributed by atoms with Gasteiger partial charge in [-0.2, -0.15) is 0 Å². The molecule has 0 aromatic heterocycles. The van der Waals surface area contributed by atoms with E-state index in [-0.39, 0.29) is 6.61 Å². The van der Waals surface area contributed by atoms with E-state index >= 15 is 0 Å². The first-order valence-electron chi connectivity index (χ1n) is 5.51. The second kappa shape index (κ2) is 7.09. The van der Waals surface area contributed by atoms with Crippen LogP contribution in [0.5, 0.6) is 11.5 Å².